The van der Waals surface area contributed by atoms with Gasteiger partial charge in [-0.05, 0) is 20.4 Å². The zero-order valence-electron chi connectivity index (χ0n) is 14.8. The molecule has 0 aromatic heterocycles. The summed E-state index contributed by atoms with van der Waals surface area (Å²) in [6, 6.07) is 0. The van der Waals surface area contributed by atoms with Crippen molar-refractivity contribution < 1.29 is 42.9 Å². The Bertz CT molecular complexity index is 575. The van der Waals surface area contributed by atoms with Crippen LogP contribution in [0.2, 0.25) is 0 Å². The van der Waals surface area contributed by atoms with Crippen LogP contribution < -0.4 is 0 Å². The van der Waals surface area contributed by atoms with E-state index in [0.29, 0.717) is 0 Å². The molecule has 9 nitrogen and oxygen atoms in total. The van der Waals surface area contributed by atoms with Gasteiger partial charge in [0.15, 0.2) is 5.76 Å². The predicted molar refractivity (Wildman–Crippen MR) is 88.5 cm³/mol. The van der Waals surface area contributed by atoms with Crippen LogP contribution in [0.1, 0.15) is 13.8 Å². The maximum atomic E-state index is 11.9. The van der Waals surface area contributed by atoms with E-state index < -0.39 is 35.2 Å². The molecule has 0 aliphatic heterocycles. The van der Waals surface area contributed by atoms with E-state index in [2.05, 4.69) is 29.2 Å². The Morgan fingerprint density at radius 1 is 0.808 bits per heavy atom. The van der Waals surface area contributed by atoms with Crippen LogP contribution in [0.4, 0.5) is 0 Å². The first-order valence-electron chi connectivity index (χ1n) is 7.44. The molecule has 0 saturated carbocycles. The first-order valence-corrected chi connectivity index (χ1v) is 7.44. The molecule has 0 aliphatic carbocycles. The minimum atomic E-state index is -1.53. The highest BCUT2D eigenvalue weighted by Gasteiger charge is 2.34. The van der Waals surface area contributed by atoms with Gasteiger partial charge in [0, 0.05) is 12.2 Å². The van der Waals surface area contributed by atoms with Gasteiger partial charge in [-0.25, -0.2) is 19.2 Å². The third kappa shape index (κ3) is 9.26. The molecule has 0 N–H and O–H groups in total. The first-order chi connectivity index (χ1) is 12.1. The van der Waals surface area contributed by atoms with Gasteiger partial charge in [0.1, 0.15) is 26.4 Å². The van der Waals surface area contributed by atoms with Gasteiger partial charge in [-0.3, -0.25) is 0 Å². The third-order valence-electron chi connectivity index (χ3n) is 2.55. The molecule has 0 spiro atoms. The molecule has 0 atom stereocenters. The van der Waals surface area contributed by atoms with E-state index in [1.165, 1.54) is 13.8 Å². The molecule has 0 amide bonds. The largest absolute Gasteiger partial charge is 0.469 e. The summed E-state index contributed by atoms with van der Waals surface area (Å²) in [6.45, 7) is 11.8. The monoisotopic (exact) mass is 370 g/mol. The topological polar surface area (TPSA) is 114 Å². The summed E-state index contributed by atoms with van der Waals surface area (Å²) in [5.74, 6) is -3.47. The number of rotatable bonds is 12. The Kier molecular flexibility index (Phi) is 10.1. The Morgan fingerprint density at radius 2 is 1.23 bits per heavy atom. The van der Waals surface area contributed by atoms with Gasteiger partial charge in [0.25, 0.3) is 0 Å². The van der Waals surface area contributed by atoms with E-state index in [4.69, 9.17) is 14.2 Å². The zero-order chi connectivity index (χ0) is 20.2. The molecular weight excluding hydrogens is 348 g/mol. The SMILES string of the molecule is C=CC(=O)OCCOC(=O)C(=C)OC(C)(C)C(=O)OCCOC(=O)C=C. The van der Waals surface area contributed by atoms with Crippen molar-refractivity contribution in [3.63, 3.8) is 0 Å². The van der Waals surface area contributed by atoms with E-state index in [0.717, 1.165) is 12.2 Å². The van der Waals surface area contributed by atoms with Crippen molar-refractivity contribution in [1.82, 2.24) is 0 Å². The van der Waals surface area contributed by atoms with Crippen molar-refractivity contribution in [3.05, 3.63) is 37.6 Å². The smallest absolute Gasteiger partial charge is 0.373 e. The molecule has 0 saturated heterocycles. The second-order valence-electron chi connectivity index (χ2n) is 5.05. The Labute approximate surface area is 151 Å². The van der Waals surface area contributed by atoms with E-state index >= 15 is 0 Å². The Morgan fingerprint density at radius 3 is 1.69 bits per heavy atom. The predicted octanol–water partition coefficient (Wildman–Crippen LogP) is 0.840. The molecule has 0 fully saturated rings. The summed E-state index contributed by atoms with van der Waals surface area (Å²) in [5, 5.41) is 0. The zero-order valence-corrected chi connectivity index (χ0v) is 14.8. The summed E-state index contributed by atoms with van der Waals surface area (Å²) in [4.78, 5) is 45.3. The van der Waals surface area contributed by atoms with Crippen molar-refractivity contribution >= 4 is 23.9 Å². The summed E-state index contributed by atoms with van der Waals surface area (Å²) >= 11 is 0. The molecule has 0 aliphatic rings. The summed E-state index contributed by atoms with van der Waals surface area (Å²) in [6.07, 6.45) is 1.94. The first kappa shape index (κ1) is 22.9. The number of esters is 4. The number of carbonyl (C=O) groups is 4. The molecular formula is C17H22O9. The van der Waals surface area contributed by atoms with E-state index in [1.807, 2.05) is 0 Å². The van der Waals surface area contributed by atoms with Crippen LogP contribution in [0, 0.1) is 0 Å². The van der Waals surface area contributed by atoms with Gasteiger partial charge in [-0.15, -0.1) is 0 Å². The normalized spacial score (nSPS) is 10.1. The van der Waals surface area contributed by atoms with Crippen LogP contribution in [-0.2, 0) is 42.9 Å². The van der Waals surface area contributed by atoms with Crippen molar-refractivity contribution in [1.29, 1.82) is 0 Å². The molecule has 0 heterocycles. The van der Waals surface area contributed by atoms with Crippen LogP contribution in [0.25, 0.3) is 0 Å². The fourth-order valence-electron chi connectivity index (χ4n) is 1.32. The van der Waals surface area contributed by atoms with Crippen LogP contribution in [0.5, 0.6) is 0 Å². The van der Waals surface area contributed by atoms with Crippen molar-refractivity contribution in [2.45, 2.75) is 19.4 Å². The second kappa shape index (κ2) is 11.5. The van der Waals surface area contributed by atoms with Crippen LogP contribution in [-0.4, -0.2) is 55.9 Å². The second-order valence-corrected chi connectivity index (χ2v) is 5.05. The lowest BCUT2D eigenvalue weighted by Gasteiger charge is -2.24. The average Bonchev–Trinajstić information content (AvgIpc) is 2.60. The highest BCUT2D eigenvalue weighted by Crippen LogP contribution is 2.16. The molecule has 0 radical (unpaired) electrons. The van der Waals surface area contributed by atoms with E-state index in [-0.39, 0.29) is 26.4 Å². The van der Waals surface area contributed by atoms with Crippen molar-refractivity contribution in [3.8, 4) is 0 Å². The van der Waals surface area contributed by atoms with Gasteiger partial charge in [0.05, 0.1) is 0 Å². The van der Waals surface area contributed by atoms with Crippen LogP contribution in [0.3, 0.4) is 0 Å². The van der Waals surface area contributed by atoms with E-state index in [9.17, 15) is 19.2 Å². The minimum Gasteiger partial charge on any atom is -0.469 e. The molecule has 144 valence electrons. The molecule has 26 heavy (non-hydrogen) atoms. The van der Waals surface area contributed by atoms with Gasteiger partial charge < -0.3 is 23.7 Å². The van der Waals surface area contributed by atoms with Crippen LogP contribution >= 0.6 is 0 Å². The standard InChI is InChI=1S/C17H22O9/c1-6-13(18)22-8-10-24-15(20)12(3)26-17(4,5)16(21)25-11-9-23-14(19)7-2/h6-7H,1-3,8-11H2,4-5H3. The summed E-state index contributed by atoms with van der Waals surface area (Å²) in [5.41, 5.74) is -1.53. The molecule has 0 rings (SSSR count). The maximum absolute atomic E-state index is 11.9. The number of ether oxygens (including phenoxy) is 5. The third-order valence-corrected chi connectivity index (χ3v) is 2.55. The number of carbonyl (C=O) groups excluding carboxylic acids is 4. The van der Waals surface area contributed by atoms with Crippen molar-refractivity contribution in [2.75, 3.05) is 26.4 Å². The molecule has 0 aromatic rings. The lowest BCUT2D eigenvalue weighted by atomic mass is 10.1. The lowest BCUT2D eigenvalue weighted by Crippen LogP contribution is -2.38. The van der Waals surface area contributed by atoms with Gasteiger partial charge in [-0.1, -0.05) is 13.2 Å². The fraction of sp³-hybridized carbons (Fsp3) is 0.412. The molecule has 0 aromatic carbocycles. The van der Waals surface area contributed by atoms with Gasteiger partial charge in [0.2, 0.25) is 5.60 Å². The summed E-state index contributed by atoms with van der Waals surface area (Å²) in [7, 11) is 0. The quantitative estimate of drug-likeness (QED) is 0.162. The molecule has 0 bridgehead atoms. The van der Waals surface area contributed by atoms with E-state index in [1.54, 1.807) is 0 Å². The number of hydrogen-bond donors (Lipinski definition) is 0. The fourth-order valence-corrected chi connectivity index (χ4v) is 1.32. The highest BCUT2D eigenvalue weighted by molar-refractivity contribution is 5.87. The Balaban J connectivity index is 4.25. The molecule has 9 heteroatoms. The van der Waals surface area contributed by atoms with Crippen LogP contribution in [0.15, 0.2) is 37.6 Å². The van der Waals surface area contributed by atoms with Gasteiger partial charge >= 0.3 is 23.9 Å². The maximum Gasteiger partial charge on any atom is 0.373 e. The Hall–Kier alpha value is -3.10. The molecule has 0 unspecified atom stereocenters. The average molecular weight is 370 g/mol. The summed E-state index contributed by atoms with van der Waals surface area (Å²) < 4.78 is 24.1. The highest BCUT2D eigenvalue weighted by atomic mass is 16.6. The minimum absolute atomic E-state index is 0.154. The van der Waals surface area contributed by atoms with Crippen molar-refractivity contribution in [2.24, 2.45) is 0 Å². The number of hydrogen-bond acceptors (Lipinski definition) is 9. The van der Waals surface area contributed by atoms with Gasteiger partial charge in [-0.2, -0.15) is 0 Å². The lowest BCUT2D eigenvalue weighted by molar-refractivity contribution is -0.169.